The molecule has 4 heteroatoms. The van der Waals surface area contributed by atoms with Crippen LogP contribution in [0.5, 0.6) is 0 Å². The molecule has 0 unspecified atom stereocenters. The summed E-state index contributed by atoms with van der Waals surface area (Å²) in [7, 11) is 0. The van der Waals surface area contributed by atoms with Gasteiger partial charge in [0, 0.05) is 25.8 Å². The molecule has 102 valence electrons. The number of rotatable bonds is 9. The van der Waals surface area contributed by atoms with Gasteiger partial charge in [0.05, 0.1) is 11.9 Å². The second-order valence-electron chi connectivity index (χ2n) is 4.53. The van der Waals surface area contributed by atoms with E-state index in [1.807, 2.05) is 12.4 Å². The minimum absolute atomic E-state index is 0.806. The van der Waals surface area contributed by atoms with E-state index in [9.17, 15) is 0 Å². The van der Waals surface area contributed by atoms with E-state index in [0.717, 1.165) is 57.0 Å². The summed E-state index contributed by atoms with van der Waals surface area (Å²) < 4.78 is 0. The lowest BCUT2D eigenvalue weighted by Gasteiger charge is -2.22. The van der Waals surface area contributed by atoms with Crippen LogP contribution >= 0.6 is 0 Å². The smallest absolute Gasteiger partial charge is 0.147 e. The summed E-state index contributed by atoms with van der Waals surface area (Å²) in [5.74, 6) is 1.01. The molecule has 1 aromatic heterocycles. The highest BCUT2D eigenvalue weighted by Crippen LogP contribution is 2.11. The fraction of sp³-hybridized carbons (Fsp3) is 0.714. The Kier molecular flexibility index (Phi) is 7.34. The van der Waals surface area contributed by atoms with E-state index in [1.54, 1.807) is 0 Å². The first-order valence-corrected chi connectivity index (χ1v) is 7.08. The summed E-state index contributed by atoms with van der Waals surface area (Å²) in [6.07, 6.45) is 7.14. The van der Waals surface area contributed by atoms with Gasteiger partial charge in [-0.3, -0.25) is 4.98 Å². The Hall–Kier alpha value is -1.16. The SMILES string of the molecule is CCCNCc1cncc(N(CCC)CCC)n1. The third kappa shape index (κ3) is 5.00. The van der Waals surface area contributed by atoms with Crippen molar-refractivity contribution >= 4 is 5.82 Å². The maximum atomic E-state index is 4.68. The molecule has 0 amide bonds. The second kappa shape index (κ2) is 8.86. The molecule has 1 N–H and O–H groups in total. The van der Waals surface area contributed by atoms with Gasteiger partial charge in [-0.1, -0.05) is 20.8 Å². The molecule has 18 heavy (non-hydrogen) atoms. The van der Waals surface area contributed by atoms with E-state index in [2.05, 4.69) is 41.0 Å². The van der Waals surface area contributed by atoms with Crippen molar-refractivity contribution in [2.75, 3.05) is 24.5 Å². The Balaban J connectivity index is 2.65. The summed E-state index contributed by atoms with van der Waals surface area (Å²) in [6, 6.07) is 0. The van der Waals surface area contributed by atoms with E-state index in [-0.39, 0.29) is 0 Å². The fourth-order valence-corrected chi connectivity index (χ4v) is 1.91. The van der Waals surface area contributed by atoms with Crippen LogP contribution in [0.25, 0.3) is 0 Å². The third-order valence-electron chi connectivity index (χ3n) is 2.72. The molecule has 4 nitrogen and oxygen atoms in total. The van der Waals surface area contributed by atoms with Crippen LogP contribution in [0.15, 0.2) is 12.4 Å². The van der Waals surface area contributed by atoms with Gasteiger partial charge in [-0.2, -0.15) is 0 Å². The van der Waals surface area contributed by atoms with Crippen LogP contribution in [0, 0.1) is 0 Å². The van der Waals surface area contributed by atoms with Gasteiger partial charge >= 0.3 is 0 Å². The molecule has 1 heterocycles. The van der Waals surface area contributed by atoms with Crippen LogP contribution in [0.4, 0.5) is 5.82 Å². The van der Waals surface area contributed by atoms with E-state index in [0.29, 0.717) is 0 Å². The lowest BCUT2D eigenvalue weighted by molar-refractivity contribution is 0.657. The van der Waals surface area contributed by atoms with Crippen molar-refractivity contribution in [1.82, 2.24) is 15.3 Å². The molecule has 0 aliphatic rings. The Morgan fingerprint density at radius 2 is 1.78 bits per heavy atom. The van der Waals surface area contributed by atoms with Gasteiger partial charge in [-0.25, -0.2) is 4.98 Å². The van der Waals surface area contributed by atoms with Crippen LogP contribution in [0.3, 0.4) is 0 Å². The molecule has 0 radical (unpaired) electrons. The fourth-order valence-electron chi connectivity index (χ4n) is 1.91. The molecule has 1 aromatic rings. The van der Waals surface area contributed by atoms with Crippen LogP contribution in [0.2, 0.25) is 0 Å². The molecule has 0 atom stereocenters. The van der Waals surface area contributed by atoms with Crippen LogP contribution in [0.1, 0.15) is 45.7 Å². The Labute approximate surface area is 111 Å². The third-order valence-corrected chi connectivity index (χ3v) is 2.72. The van der Waals surface area contributed by atoms with Gasteiger partial charge in [-0.15, -0.1) is 0 Å². The monoisotopic (exact) mass is 250 g/mol. The molecule has 0 saturated heterocycles. The van der Waals surface area contributed by atoms with Crippen LogP contribution in [-0.2, 0) is 6.54 Å². The molecule has 0 saturated carbocycles. The average molecular weight is 250 g/mol. The van der Waals surface area contributed by atoms with Crippen molar-refractivity contribution in [2.45, 2.75) is 46.6 Å². The largest absolute Gasteiger partial charge is 0.355 e. The number of hydrogen-bond donors (Lipinski definition) is 1. The van der Waals surface area contributed by atoms with Gasteiger partial charge < -0.3 is 10.2 Å². The molecule has 0 fully saturated rings. The highest BCUT2D eigenvalue weighted by Gasteiger charge is 2.07. The Morgan fingerprint density at radius 3 is 2.39 bits per heavy atom. The first-order valence-electron chi connectivity index (χ1n) is 7.08. The van der Waals surface area contributed by atoms with E-state index in [1.165, 1.54) is 0 Å². The van der Waals surface area contributed by atoms with Gasteiger partial charge in [0.25, 0.3) is 0 Å². The summed E-state index contributed by atoms with van der Waals surface area (Å²) in [4.78, 5) is 11.3. The van der Waals surface area contributed by atoms with Crippen LogP contribution < -0.4 is 10.2 Å². The number of hydrogen-bond acceptors (Lipinski definition) is 4. The minimum Gasteiger partial charge on any atom is -0.355 e. The summed E-state index contributed by atoms with van der Waals surface area (Å²) in [6.45, 7) is 10.5. The topological polar surface area (TPSA) is 41.1 Å². The maximum Gasteiger partial charge on any atom is 0.147 e. The lowest BCUT2D eigenvalue weighted by Crippen LogP contribution is -2.26. The van der Waals surface area contributed by atoms with E-state index < -0.39 is 0 Å². The predicted molar refractivity (Wildman–Crippen MR) is 76.8 cm³/mol. The molecule has 0 bridgehead atoms. The Morgan fingerprint density at radius 1 is 1.06 bits per heavy atom. The molecule has 0 aromatic carbocycles. The molecule has 0 spiro atoms. The Bertz CT molecular complexity index is 321. The van der Waals surface area contributed by atoms with Crippen molar-refractivity contribution in [3.63, 3.8) is 0 Å². The summed E-state index contributed by atoms with van der Waals surface area (Å²) in [5, 5.41) is 3.36. The van der Waals surface area contributed by atoms with Crippen LogP contribution in [-0.4, -0.2) is 29.6 Å². The molecule has 0 aliphatic heterocycles. The zero-order valence-corrected chi connectivity index (χ0v) is 11.9. The zero-order chi connectivity index (χ0) is 13.2. The van der Waals surface area contributed by atoms with E-state index in [4.69, 9.17) is 0 Å². The van der Waals surface area contributed by atoms with Gasteiger partial charge in [-0.05, 0) is 25.8 Å². The minimum atomic E-state index is 0.806. The number of nitrogens with zero attached hydrogens (tertiary/aromatic N) is 3. The van der Waals surface area contributed by atoms with Crippen molar-refractivity contribution < 1.29 is 0 Å². The number of aromatic nitrogens is 2. The standard InChI is InChI=1S/C14H26N4/c1-4-7-15-10-13-11-16-12-14(17-13)18(8-5-2)9-6-3/h11-12,15H,4-10H2,1-3H3. The van der Waals surface area contributed by atoms with Crippen molar-refractivity contribution in [2.24, 2.45) is 0 Å². The second-order valence-corrected chi connectivity index (χ2v) is 4.53. The highest BCUT2D eigenvalue weighted by atomic mass is 15.2. The van der Waals surface area contributed by atoms with Gasteiger partial charge in [0.15, 0.2) is 0 Å². The summed E-state index contributed by atoms with van der Waals surface area (Å²) in [5.41, 5.74) is 1.03. The first-order chi connectivity index (χ1) is 8.81. The van der Waals surface area contributed by atoms with Crippen molar-refractivity contribution in [3.05, 3.63) is 18.1 Å². The normalized spacial score (nSPS) is 10.6. The predicted octanol–water partition coefficient (Wildman–Crippen LogP) is 2.60. The maximum absolute atomic E-state index is 4.68. The van der Waals surface area contributed by atoms with Crippen molar-refractivity contribution in [1.29, 1.82) is 0 Å². The first kappa shape index (κ1) is 14.9. The van der Waals surface area contributed by atoms with Gasteiger partial charge in [0.1, 0.15) is 5.82 Å². The molecular formula is C14H26N4. The lowest BCUT2D eigenvalue weighted by atomic mass is 10.3. The quantitative estimate of drug-likeness (QED) is 0.684. The molecule has 0 aliphatic carbocycles. The molecule has 1 rings (SSSR count). The van der Waals surface area contributed by atoms with E-state index >= 15 is 0 Å². The highest BCUT2D eigenvalue weighted by molar-refractivity contribution is 5.36. The van der Waals surface area contributed by atoms with Gasteiger partial charge in [0.2, 0.25) is 0 Å². The number of anilines is 1. The van der Waals surface area contributed by atoms with Crippen molar-refractivity contribution in [3.8, 4) is 0 Å². The zero-order valence-electron chi connectivity index (χ0n) is 11.9. The molecular weight excluding hydrogens is 224 g/mol. The average Bonchev–Trinajstić information content (AvgIpc) is 2.39. The summed E-state index contributed by atoms with van der Waals surface area (Å²) >= 11 is 0. The number of nitrogens with one attached hydrogen (secondary N) is 1.